The van der Waals surface area contributed by atoms with Gasteiger partial charge in [0.1, 0.15) is 21.1 Å². The number of aryl methyl sites for hydroxylation is 1. The van der Waals surface area contributed by atoms with Crippen molar-refractivity contribution in [3.8, 4) is 5.75 Å². The number of amides is 4. The second kappa shape index (κ2) is 10.4. The van der Waals surface area contributed by atoms with Crippen LogP contribution in [0.25, 0.3) is 10.2 Å². The standard InChI is InChI=1S/C27H28F3N5O5S/c1-14-12-16(39-27(28,29)30)7-8-17(14)35-18-9-10-31-23-19(18)20(33-24(35)37)21(41-23)22(36)32-15-6-5-11-34(13-15)25(38)40-26(2,3)4/h7-10,12,15H,5-6,11,13H2,1-4H3,(H,32,36)(H,33,37)/t15-/m1/s1. The fourth-order valence-electron chi connectivity index (χ4n) is 4.90. The Hall–Kier alpha value is -4.07. The molecule has 0 unspecified atom stereocenters. The molecule has 1 fully saturated rings. The summed E-state index contributed by atoms with van der Waals surface area (Å²) in [5.41, 5.74) is 0.820. The lowest BCUT2D eigenvalue weighted by Crippen LogP contribution is -2.50. The van der Waals surface area contributed by atoms with Gasteiger partial charge in [-0.2, -0.15) is 0 Å². The van der Waals surface area contributed by atoms with Gasteiger partial charge in [0.25, 0.3) is 5.91 Å². The molecule has 2 aliphatic heterocycles. The van der Waals surface area contributed by atoms with E-state index in [9.17, 15) is 27.6 Å². The number of pyridine rings is 1. The quantitative estimate of drug-likeness (QED) is 0.367. The zero-order chi connectivity index (χ0) is 29.7. The molecular formula is C27H28F3N5O5S. The Kier molecular flexibility index (Phi) is 7.22. The van der Waals surface area contributed by atoms with Crippen molar-refractivity contribution in [2.45, 2.75) is 58.5 Å². The number of urea groups is 1. The van der Waals surface area contributed by atoms with E-state index in [-0.39, 0.29) is 17.5 Å². The van der Waals surface area contributed by atoms with Crippen LogP contribution in [0.5, 0.6) is 5.75 Å². The Morgan fingerprint density at radius 2 is 1.93 bits per heavy atom. The number of ether oxygens (including phenoxy) is 2. The van der Waals surface area contributed by atoms with E-state index >= 15 is 0 Å². The van der Waals surface area contributed by atoms with Crippen LogP contribution in [-0.2, 0) is 4.74 Å². The van der Waals surface area contributed by atoms with Crippen LogP contribution < -0.4 is 20.3 Å². The molecule has 4 heterocycles. The predicted molar refractivity (Wildman–Crippen MR) is 147 cm³/mol. The van der Waals surface area contributed by atoms with Crippen LogP contribution >= 0.6 is 11.3 Å². The van der Waals surface area contributed by atoms with Gasteiger partial charge in [0.15, 0.2) is 0 Å². The topological polar surface area (TPSA) is 113 Å². The van der Waals surface area contributed by atoms with E-state index in [2.05, 4.69) is 20.4 Å². The summed E-state index contributed by atoms with van der Waals surface area (Å²) in [6.45, 7) is 7.75. The van der Waals surface area contributed by atoms with Gasteiger partial charge in [0, 0.05) is 25.3 Å². The van der Waals surface area contributed by atoms with Crippen LogP contribution in [0.15, 0.2) is 30.5 Å². The molecule has 0 aliphatic carbocycles. The van der Waals surface area contributed by atoms with Gasteiger partial charge in [-0.1, -0.05) is 0 Å². The maximum Gasteiger partial charge on any atom is 0.573 e. The molecule has 4 amide bonds. The highest BCUT2D eigenvalue weighted by atomic mass is 32.1. The number of anilines is 3. The number of aromatic nitrogens is 1. The molecule has 0 radical (unpaired) electrons. The number of nitrogens with one attached hydrogen (secondary N) is 2. The average Bonchev–Trinajstić information content (AvgIpc) is 3.23. The highest BCUT2D eigenvalue weighted by Gasteiger charge is 2.36. The van der Waals surface area contributed by atoms with Crippen molar-refractivity contribution in [2.75, 3.05) is 23.3 Å². The molecule has 0 spiro atoms. The number of hydrogen-bond donors (Lipinski definition) is 2. The highest BCUT2D eigenvalue weighted by molar-refractivity contribution is 7.21. The summed E-state index contributed by atoms with van der Waals surface area (Å²) < 4.78 is 47.5. The van der Waals surface area contributed by atoms with Gasteiger partial charge < -0.3 is 25.0 Å². The number of halogens is 3. The number of rotatable bonds is 4. The highest BCUT2D eigenvalue weighted by Crippen LogP contribution is 2.46. The van der Waals surface area contributed by atoms with Gasteiger partial charge in [-0.05, 0) is 70.4 Å². The van der Waals surface area contributed by atoms with Crippen molar-refractivity contribution in [1.82, 2.24) is 15.2 Å². The number of nitrogens with zero attached hydrogens (tertiary/aromatic N) is 3. The Bertz CT molecular complexity index is 1530. The molecule has 41 heavy (non-hydrogen) atoms. The number of carbonyl (C=O) groups excluding carboxylic acids is 3. The molecule has 5 rings (SSSR count). The second-order valence-corrected chi connectivity index (χ2v) is 11.8. The lowest BCUT2D eigenvalue weighted by molar-refractivity contribution is -0.274. The lowest BCUT2D eigenvalue weighted by Gasteiger charge is -2.34. The van der Waals surface area contributed by atoms with Crippen molar-refractivity contribution in [3.63, 3.8) is 0 Å². The molecular weight excluding hydrogens is 563 g/mol. The third-order valence-electron chi connectivity index (χ3n) is 6.50. The molecule has 0 saturated carbocycles. The van der Waals surface area contributed by atoms with Crippen LogP contribution in [0.4, 0.5) is 39.8 Å². The fraction of sp³-hybridized carbons (Fsp3) is 0.407. The molecule has 1 aromatic carbocycles. The summed E-state index contributed by atoms with van der Waals surface area (Å²) in [5.74, 6) is -0.817. The van der Waals surface area contributed by atoms with Gasteiger partial charge in [-0.25, -0.2) is 14.6 Å². The van der Waals surface area contributed by atoms with Gasteiger partial charge in [-0.15, -0.1) is 24.5 Å². The first-order valence-corrected chi connectivity index (χ1v) is 13.7. The molecule has 1 atom stereocenters. The van der Waals surface area contributed by atoms with Crippen LogP contribution in [0, 0.1) is 6.92 Å². The molecule has 14 heteroatoms. The lowest BCUT2D eigenvalue weighted by atomic mass is 10.1. The molecule has 3 aromatic rings. The summed E-state index contributed by atoms with van der Waals surface area (Å²) in [7, 11) is 0. The second-order valence-electron chi connectivity index (χ2n) is 10.8. The van der Waals surface area contributed by atoms with E-state index in [1.807, 2.05) is 0 Å². The van der Waals surface area contributed by atoms with Crippen LogP contribution in [0.1, 0.15) is 48.8 Å². The molecule has 218 valence electrons. The first-order valence-electron chi connectivity index (χ1n) is 12.9. The van der Waals surface area contributed by atoms with Crippen molar-refractivity contribution in [2.24, 2.45) is 0 Å². The van der Waals surface area contributed by atoms with Crippen LogP contribution in [0.2, 0.25) is 0 Å². The zero-order valence-corrected chi connectivity index (χ0v) is 23.5. The van der Waals surface area contributed by atoms with Crippen LogP contribution in [-0.4, -0.2) is 59.0 Å². The van der Waals surface area contributed by atoms with Crippen molar-refractivity contribution >= 4 is 56.6 Å². The van der Waals surface area contributed by atoms with Crippen molar-refractivity contribution in [3.05, 3.63) is 40.9 Å². The van der Waals surface area contributed by atoms with E-state index in [0.29, 0.717) is 52.2 Å². The van der Waals surface area contributed by atoms with Crippen molar-refractivity contribution < 1.29 is 37.0 Å². The van der Waals surface area contributed by atoms with Crippen molar-refractivity contribution in [1.29, 1.82) is 0 Å². The van der Waals surface area contributed by atoms with E-state index in [4.69, 9.17) is 4.74 Å². The maximum absolute atomic E-state index is 13.4. The first-order chi connectivity index (χ1) is 19.2. The van der Waals surface area contributed by atoms with Gasteiger partial charge in [-0.3, -0.25) is 9.69 Å². The molecule has 2 aliphatic rings. The van der Waals surface area contributed by atoms with E-state index < -0.39 is 35.7 Å². The largest absolute Gasteiger partial charge is 0.573 e. The smallest absolute Gasteiger partial charge is 0.444 e. The maximum atomic E-state index is 13.4. The molecule has 1 saturated heterocycles. The van der Waals surface area contributed by atoms with E-state index in [0.717, 1.165) is 17.4 Å². The zero-order valence-electron chi connectivity index (χ0n) is 22.7. The number of piperidine rings is 1. The first kappa shape index (κ1) is 28.5. The van der Waals surface area contributed by atoms with E-state index in [1.54, 1.807) is 38.7 Å². The average molecular weight is 592 g/mol. The number of thiophene rings is 1. The van der Waals surface area contributed by atoms with Gasteiger partial charge in [0.05, 0.1) is 22.4 Å². The molecule has 2 aromatic heterocycles. The Morgan fingerprint density at radius 1 is 1.17 bits per heavy atom. The molecule has 2 N–H and O–H groups in total. The third kappa shape index (κ3) is 6.01. The van der Waals surface area contributed by atoms with Gasteiger partial charge >= 0.3 is 18.5 Å². The van der Waals surface area contributed by atoms with Gasteiger partial charge in [0.2, 0.25) is 0 Å². The summed E-state index contributed by atoms with van der Waals surface area (Å²) in [6.07, 6.45) is -2.43. The monoisotopic (exact) mass is 591 g/mol. The summed E-state index contributed by atoms with van der Waals surface area (Å²) in [5, 5.41) is 6.29. The number of benzene rings is 1. The normalized spacial score (nSPS) is 17.3. The van der Waals surface area contributed by atoms with E-state index in [1.165, 1.54) is 23.2 Å². The fourth-order valence-corrected chi connectivity index (χ4v) is 5.92. The number of alkyl halides is 3. The number of carbonyl (C=O) groups is 3. The number of hydrogen-bond acceptors (Lipinski definition) is 7. The summed E-state index contributed by atoms with van der Waals surface area (Å²) >= 11 is 1.11. The van der Waals surface area contributed by atoms with Crippen LogP contribution in [0.3, 0.4) is 0 Å². The molecule has 0 bridgehead atoms. The summed E-state index contributed by atoms with van der Waals surface area (Å²) in [6, 6.07) is 4.41. The number of likely N-dealkylation sites (tertiary alicyclic amines) is 1. The summed E-state index contributed by atoms with van der Waals surface area (Å²) in [4.78, 5) is 47.4. The minimum atomic E-state index is -4.85. The predicted octanol–water partition coefficient (Wildman–Crippen LogP) is 6.32. The Labute approximate surface area is 237 Å². The SMILES string of the molecule is Cc1cc(OC(F)(F)F)ccc1N1C(=O)Nc2c(C(=O)N[C@@H]3CCCN(C(=O)OC(C)(C)C)C3)sc3nccc1c23. The minimum Gasteiger partial charge on any atom is -0.444 e. The molecule has 10 nitrogen and oxygen atoms in total. The Balaban J connectivity index is 1.40. The Morgan fingerprint density at radius 3 is 2.61 bits per heavy atom. The third-order valence-corrected chi connectivity index (χ3v) is 7.60. The minimum absolute atomic E-state index is 0.257.